The van der Waals surface area contributed by atoms with Gasteiger partial charge in [-0.3, -0.25) is 14.2 Å². The molecule has 1 aromatic carbocycles. The smallest absolute Gasteiger partial charge is 0.264 e. The number of rotatable bonds is 2. The van der Waals surface area contributed by atoms with Gasteiger partial charge in [0.25, 0.3) is 11.5 Å². The maximum atomic E-state index is 13.2. The van der Waals surface area contributed by atoms with Crippen LogP contribution in [0.3, 0.4) is 0 Å². The van der Waals surface area contributed by atoms with E-state index in [1.807, 2.05) is 11.8 Å². The predicted octanol–water partition coefficient (Wildman–Crippen LogP) is 3.20. The fraction of sp³-hybridized carbons (Fsp3) is 0.409. The molecule has 1 saturated heterocycles. The summed E-state index contributed by atoms with van der Waals surface area (Å²) in [6.07, 6.45) is 2.86. The Morgan fingerprint density at radius 1 is 1.07 bits per heavy atom. The summed E-state index contributed by atoms with van der Waals surface area (Å²) in [5, 5.41) is 0.596. The van der Waals surface area contributed by atoms with Crippen molar-refractivity contribution in [2.75, 3.05) is 31.1 Å². The topological polar surface area (TPSA) is 58.4 Å². The molecule has 0 aliphatic carbocycles. The molecule has 0 bridgehead atoms. The molecule has 2 aromatic heterocycles. The molecule has 2 aliphatic rings. The standard InChI is InChI=1S/C22H23FN4O2S/c1-14-18-20(24-17-4-2-3-9-27(17)21(18)28)30-19(14)22(29)26-12-10-25(11-13-26)16-7-5-15(23)6-8-16/h5-8H,2-4,9-13H2,1H3. The first-order valence-corrected chi connectivity index (χ1v) is 11.2. The highest BCUT2D eigenvalue weighted by atomic mass is 32.1. The number of halogens is 1. The number of piperazine rings is 1. The number of hydrogen-bond donors (Lipinski definition) is 0. The number of carbonyl (C=O) groups is 1. The lowest BCUT2D eigenvalue weighted by Crippen LogP contribution is -2.48. The summed E-state index contributed by atoms with van der Waals surface area (Å²) in [7, 11) is 0. The largest absolute Gasteiger partial charge is 0.368 e. The van der Waals surface area contributed by atoms with Gasteiger partial charge in [0.15, 0.2) is 0 Å². The van der Waals surface area contributed by atoms with Gasteiger partial charge in [0.2, 0.25) is 0 Å². The Morgan fingerprint density at radius 3 is 2.53 bits per heavy atom. The van der Waals surface area contributed by atoms with Crippen LogP contribution in [0, 0.1) is 12.7 Å². The van der Waals surface area contributed by atoms with Gasteiger partial charge in [0, 0.05) is 44.8 Å². The van der Waals surface area contributed by atoms with Crippen LogP contribution in [0.25, 0.3) is 10.2 Å². The zero-order chi connectivity index (χ0) is 20.8. The first-order valence-electron chi connectivity index (χ1n) is 10.4. The van der Waals surface area contributed by atoms with Crippen LogP contribution in [0.4, 0.5) is 10.1 Å². The fourth-order valence-corrected chi connectivity index (χ4v) is 5.56. The number of fused-ring (bicyclic) bond motifs is 2. The molecule has 30 heavy (non-hydrogen) atoms. The molecule has 1 fully saturated rings. The van der Waals surface area contributed by atoms with Crippen molar-refractivity contribution in [3.63, 3.8) is 0 Å². The summed E-state index contributed by atoms with van der Waals surface area (Å²) in [4.78, 5) is 36.3. The lowest BCUT2D eigenvalue weighted by atomic mass is 10.1. The number of nitrogens with zero attached hydrogens (tertiary/aromatic N) is 4. The van der Waals surface area contributed by atoms with Crippen LogP contribution in [0.2, 0.25) is 0 Å². The molecule has 0 radical (unpaired) electrons. The first kappa shape index (κ1) is 19.2. The molecule has 2 aliphatic heterocycles. The molecule has 1 amide bonds. The van der Waals surface area contributed by atoms with Gasteiger partial charge >= 0.3 is 0 Å². The zero-order valence-electron chi connectivity index (χ0n) is 16.9. The zero-order valence-corrected chi connectivity index (χ0v) is 17.7. The molecule has 3 aromatic rings. The highest BCUT2D eigenvalue weighted by Gasteiger charge is 2.27. The molecule has 4 heterocycles. The van der Waals surface area contributed by atoms with Gasteiger partial charge in [-0.25, -0.2) is 9.37 Å². The monoisotopic (exact) mass is 426 g/mol. The van der Waals surface area contributed by atoms with Gasteiger partial charge in [-0.1, -0.05) is 0 Å². The van der Waals surface area contributed by atoms with Crippen molar-refractivity contribution in [1.82, 2.24) is 14.5 Å². The van der Waals surface area contributed by atoms with Crippen molar-refractivity contribution < 1.29 is 9.18 Å². The van der Waals surface area contributed by atoms with E-state index in [2.05, 4.69) is 4.90 Å². The van der Waals surface area contributed by atoms with Crippen molar-refractivity contribution in [3.05, 3.63) is 56.7 Å². The van der Waals surface area contributed by atoms with E-state index in [0.717, 1.165) is 36.3 Å². The molecule has 0 N–H and O–H groups in total. The Labute approximate surface area is 177 Å². The van der Waals surface area contributed by atoms with Crippen LogP contribution in [-0.2, 0) is 13.0 Å². The lowest BCUT2D eigenvalue weighted by molar-refractivity contribution is 0.0751. The summed E-state index contributed by atoms with van der Waals surface area (Å²) in [6, 6.07) is 6.45. The Morgan fingerprint density at radius 2 is 1.80 bits per heavy atom. The number of thiophene rings is 1. The quantitative estimate of drug-likeness (QED) is 0.632. The Kier molecular flexibility index (Phi) is 4.81. The van der Waals surface area contributed by atoms with Crippen molar-refractivity contribution in [3.8, 4) is 0 Å². The molecular formula is C22H23FN4O2S. The van der Waals surface area contributed by atoms with Gasteiger partial charge in [-0.2, -0.15) is 0 Å². The van der Waals surface area contributed by atoms with Crippen molar-refractivity contribution >= 4 is 33.1 Å². The van der Waals surface area contributed by atoms with Crippen LogP contribution < -0.4 is 10.5 Å². The van der Waals surface area contributed by atoms with Gasteiger partial charge in [0.05, 0.1) is 10.3 Å². The first-order chi connectivity index (χ1) is 14.5. The van der Waals surface area contributed by atoms with E-state index < -0.39 is 0 Å². The number of carbonyl (C=O) groups excluding carboxylic acids is 1. The predicted molar refractivity (Wildman–Crippen MR) is 116 cm³/mol. The van der Waals surface area contributed by atoms with E-state index in [4.69, 9.17) is 4.98 Å². The SMILES string of the molecule is Cc1c(C(=O)N2CCN(c3ccc(F)cc3)CC2)sc2nc3n(c(=O)c12)CCCC3. The second kappa shape index (κ2) is 7.50. The second-order valence-corrected chi connectivity index (χ2v) is 8.93. The number of aromatic nitrogens is 2. The van der Waals surface area contributed by atoms with Crippen molar-refractivity contribution in [2.24, 2.45) is 0 Å². The fourth-order valence-electron chi connectivity index (χ4n) is 4.40. The number of benzene rings is 1. The third kappa shape index (κ3) is 3.19. The molecule has 0 spiro atoms. The number of amides is 1. The molecule has 0 saturated carbocycles. The van der Waals surface area contributed by atoms with E-state index in [1.54, 1.807) is 16.7 Å². The van der Waals surface area contributed by atoms with Crippen LogP contribution in [0.15, 0.2) is 29.1 Å². The molecule has 8 heteroatoms. The summed E-state index contributed by atoms with van der Waals surface area (Å²) < 4.78 is 14.9. The van der Waals surface area contributed by atoms with Gasteiger partial charge in [-0.15, -0.1) is 11.3 Å². The van der Waals surface area contributed by atoms with Crippen LogP contribution in [-0.4, -0.2) is 46.5 Å². The number of anilines is 1. The molecule has 0 unspecified atom stereocenters. The molecular weight excluding hydrogens is 403 g/mol. The Hall–Kier alpha value is -2.74. The summed E-state index contributed by atoms with van der Waals surface area (Å²) in [6.45, 7) is 5.13. The van der Waals surface area contributed by atoms with E-state index in [9.17, 15) is 14.0 Å². The molecule has 156 valence electrons. The third-order valence-corrected chi connectivity index (χ3v) is 7.29. The average Bonchev–Trinajstić information content (AvgIpc) is 3.10. The second-order valence-electron chi connectivity index (χ2n) is 7.93. The van der Waals surface area contributed by atoms with E-state index in [1.165, 1.54) is 23.5 Å². The normalized spacial score (nSPS) is 16.7. The molecule has 5 rings (SSSR count). The Balaban J connectivity index is 1.39. The number of hydrogen-bond acceptors (Lipinski definition) is 5. The van der Waals surface area contributed by atoms with E-state index in [0.29, 0.717) is 47.8 Å². The van der Waals surface area contributed by atoms with Gasteiger partial charge in [0.1, 0.15) is 16.5 Å². The van der Waals surface area contributed by atoms with Crippen LogP contribution >= 0.6 is 11.3 Å². The van der Waals surface area contributed by atoms with Gasteiger partial charge < -0.3 is 9.80 Å². The van der Waals surface area contributed by atoms with E-state index >= 15 is 0 Å². The molecule has 6 nitrogen and oxygen atoms in total. The number of aryl methyl sites for hydroxylation is 2. The summed E-state index contributed by atoms with van der Waals surface area (Å²) >= 11 is 1.34. The van der Waals surface area contributed by atoms with E-state index in [-0.39, 0.29) is 17.3 Å². The summed E-state index contributed by atoms with van der Waals surface area (Å²) in [5.41, 5.74) is 1.70. The third-order valence-electron chi connectivity index (χ3n) is 6.11. The van der Waals surface area contributed by atoms with Crippen molar-refractivity contribution in [1.29, 1.82) is 0 Å². The maximum absolute atomic E-state index is 13.2. The Bertz CT molecular complexity index is 1180. The van der Waals surface area contributed by atoms with Crippen LogP contribution in [0.5, 0.6) is 0 Å². The average molecular weight is 427 g/mol. The molecule has 0 atom stereocenters. The van der Waals surface area contributed by atoms with Gasteiger partial charge in [-0.05, 0) is 49.6 Å². The lowest BCUT2D eigenvalue weighted by Gasteiger charge is -2.36. The minimum atomic E-state index is -0.251. The minimum absolute atomic E-state index is 0.0105. The maximum Gasteiger partial charge on any atom is 0.264 e. The van der Waals surface area contributed by atoms with Crippen LogP contribution in [0.1, 0.15) is 33.9 Å². The van der Waals surface area contributed by atoms with Crippen molar-refractivity contribution in [2.45, 2.75) is 32.7 Å². The highest BCUT2D eigenvalue weighted by molar-refractivity contribution is 7.20. The minimum Gasteiger partial charge on any atom is -0.368 e. The highest BCUT2D eigenvalue weighted by Crippen LogP contribution is 2.30. The summed E-state index contributed by atoms with van der Waals surface area (Å²) in [5.74, 6) is 0.558.